The highest BCUT2D eigenvalue weighted by atomic mass is 35.5. The first kappa shape index (κ1) is 21.5. The van der Waals surface area contributed by atoms with E-state index in [1.165, 1.54) is 22.9 Å². The van der Waals surface area contributed by atoms with Crippen LogP contribution in [0.4, 0.5) is 5.69 Å². The maximum atomic E-state index is 11.8. The quantitative estimate of drug-likeness (QED) is 0.329. The van der Waals surface area contributed by atoms with Crippen LogP contribution in [0.2, 0.25) is 5.02 Å². The second kappa shape index (κ2) is 8.78. The number of halogens is 1. The van der Waals surface area contributed by atoms with Gasteiger partial charge in [-0.3, -0.25) is 10.1 Å². The van der Waals surface area contributed by atoms with E-state index >= 15 is 0 Å². The molecular formula is C23H19ClN4O4. The number of non-ortho nitro benzene ring substituents is 1. The molecule has 4 aromatic rings. The normalized spacial score (nSPS) is 12.8. The predicted molar refractivity (Wildman–Crippen MR) is 120 cm³/mol. The van der Waals surface area contributed by atoms with E-state index in [1.54, 1.807) is 37.6 Å². The van der Waals surface area contributed by atoms with Crippen LogP contribution in [0, 0.1) is 10.1 Å². The number of aromatic nitrogens is 3. The molecule has 0 spiro atoms. The zero-order chi connectivity index (χ0) is 22.7. The lowest BCUT2D eigenvalue weighted by Gasteiger charge is -2.29. The van der Waals surface area contributed by atoms with Gasteiger partial charge in [-0.05, 0) is 35.9 Å². The Bertz CT molecular complexity index is 1240. The van der Waals surface area contributed by atoms with Gasteiger partial charge in [-0.1, -0.05) is 47.1 Å². The van der Waals surface area contributed by atoms with Crippen LogP contribution >= 0.6 is 11.6 Å². The molecule has 0 amide bonds. The van der Waals surface area contributed by atoms with Crippen molar-refractivity contribution in [2.24, 2.45) is 0 Å². The van der Waals surface area contributed by atoms with E-state index in [0.717, 1.165) is 11.3 Å². The van der Waals surface area contributed by atoms with Crippen LogP contribution in [0.15, 0.2) is 79.0 Å². The first-order valence-electron chi connectivity index (χ1n) is 9.67. The number of nitro benzene ring substituents is 1. The summed E-state index contributed by atoms with van der Waals surface area (Å²) in [5, 5.41) is 31.7. The molecule has 0 fully saturated rings. The highest BCUT2D eigenvalue weighted by Crippen LogP contribution is 2.38. The van der Waals surface area contributed by atoms with Crippen molar-refractivity contribution in [3.05, 3.63) is 105 Å². The molecule has 0 aliphatic carbocycles. The zero-order valence-electron chi connectivity index (χ0n) is 17.1. The van der Waals surface area contributed by atoms with Crippen molar-refractivity contribution in [2.45, 2.75) is 12.1 Å². The Kier molecular flexibility index (Phi) is 5.89. The summed E-state index contributed by atoms with van der Waals surface area (Å²) in [6, 6.07) is 20.2. The molecule has 1 heterocycles. The van der Waals surface area contributed by atoms with E-state index in [9.17, 15) is 15.2 Å². The third kappa shape index (κ3) is 4.18. The van der Waals surface area contributed by atoms with Crippen LogP contribution in [0.25, 0.3) is 11.3 Å². The van der Waals surface area contributed by atoms with Crippen LogP contribution in [-0.2, 0) is 12.1 Å². The van der Waals surface area contributed by atoms with Crippen molar-refractivity contribution in [2.75, 3.05) is 7.11 Å². The molecule has 0 aliphatic heterocycles. The van der Waals surface area contributed by atoms with Gasteiger partial charge in [0.05, 0.1) is 24.8 Å². The first-order valence-corrected chi connectivity index (χ1v) is 10.1. The minimum absolute atomic E-state index is 0.0545. The maximum absolute atomic E-state index is 11.8. The molecule has 0 aliphatic rings. The molecule has 3 aromatic carbocycles. The first-order chi connectivity index (χ1) is 15.4. The molecule has 4 rings (SSSR count). The van der Waals surface area contributed by atoms with Crippen LogP contribution in [0.1, 0.15) is 11.1 Å². The maximum Gasteiger partial charge on any atom is 0.269 e. The number of rotatable bonds is 7. The summed E-state index contributed by atoms with van der Waals surface area (Å²) >= 11 is 6.39. The molecule has 162 valence electrons. The third-order valence-electron chi connectivity index (χ3n) is 5.17. The van der Waals surface area contributed by atoms with Crippen molar-refractivity contribution < 1.29 is 14.8 Å². The van der Waals surface area contributed by atoms with E-state index in [0.29, 0.717) is 11.3 Å². The Hall–Kier alpha value is -3.75. The number of aliphatic hydroxyl groups is 1. The van der Waals surface area contributed by atoms with Gasteiger partial charge in [-0.25, -0.2) is 4.68 Å². The van der Waals surface area contributed by atoms with Crippen LogP contribution in [0.3, 0.4) is 0 Å². The molecule has 0 radical (unpaired) electrons. The van der Waals surface area contributed by atoms with Gasteiger partial charge in [0.15, 0.2) is 0 Å². The van der Waals surface area contributed by atoms with Gasteiger partial charge in [-0.2, -0.15) is 0 Å². The number of ether oxygens (including phenoxy) is 1. The third-order valence-corrected chi connectivity index (χ3v) is 5.50. The molecule has 9 heteroatoms. The Morgan fingerprint density at radius 3 is 2.50 bits per heavy atom. The fourth-order valence-corrected chi connectivity index (χ4v) is 3.77. The van der Waals surface area contributed by atoms with Crippen molar-refractivity contribution >= 4 is 17.3 Å². The summed E-state index contributed by atoms with van der Waals surface area (Å²) in [6.45, 7) is -0.0545. The molecule has 1 atom stereocenters. The van der Waals surface area contributed by atoms with Gasteiger partial charge in [0.1, 0.15) is 17.0 Å². The second-order valence-corrected chi connectivity index (χ2v) is 7.58. The Balaban J connectivity index is 1.75. The highest BCUT2D eigenvalue weighted by molar-refractivity contribution is 6.31. The average Bonchev–Trinajstić information content (AvgIpc) is 3.28. The minimum Gasteiger partial charge on any atom is -0.497 e. The molecular weight excluding hydrogens is 432 g/mol. The lowest BCUT2D eigenvalue weighted by atomic mass is 9.86. The van der Waals surface area contributed by atoms with Gasteiger partial charge in [-0.15, -0.1) is 5.10 Å². The zero-order valence-corrected chi connectivity index (χ0v) is 17.8. The van der Waals surface area contributed by atoms with Crippen molar-refractivity contribution in [3.8, 4) is 17.0 Å². The van der Waals surface area contributed by atoms with Gasteiger partial charge in [0.2, 0.25) is 0 Å². The number of nitrogens with zero attached hydrogens (tertiary/aromatic N) is 4. The van der Waals surface area contributed by atoms with Gasteiger partial charge < -0.3 is 9.84 Å². The molecule has 1 unspecified atom stereocenters. The Morgan fingerprint density at radius 2 is 1.84 bits per heavy atom. The number of nitro groups is 1. The van der Waals surface area contributed by atoms with Gasteiger partial charge in [0.25, 0.3) is 5.69 Å². The summed E-state index contributed by atoms with van der Waals surface area (Å²) in [7, 11) is 1.59. The number of methoxy groups -OCH3 is 1. The lowest BCUT2D eigenvalue weighted by Crippen LogP contribution is -2.33. The van der Waals surface area contributed by atoms with E-state index in [-0.39, 0.29) is 22.8 Å². The molecule has 1 N–H and O–H groups in total. The molecule has 32 heavy (non-hydrogen) atoms. The number of benzene rings is 3. The average molecular weight is 451 g/mol. The lowest BCUT2D eigenvalue weighted by molar-refractivity contribution is -0.385. The SMILES string of the molecule is COc1ccc(-c2cn(CC(O)(c3ccccc3)c3cc([N+](=O)[O-])ccc3Cl)nn2)cc1. The summed E-state index contributed by atoms with van der Waals surface area (Å²) in [5.41, 5.74) is 0.304. The summed E-state index contributed by atoms with van der Waals surface area (Å²) < 4.78 is 6.66. The molecule has 0 bridgehead atoms. The van der Waals surface area contributed by atoms with Crippen LogP contribution < -0.4 is 4.74 Å². The number of hydrogen-bond donors (Lipinski definition) is 1. The molecule has 0 saturated heterocycles. The number of hydrogen-bond acceptors (Lipinski definition) is 6. The summed E-state index contributed by atoms with van der Waals surface area (Å²) in [5.74, 6) is 0.722. The highest BCUT2D eigenvalue weighted by Gasteiger charge is 2.36. The van der Waals surface area contributed by atoms with E-state index in [4.69, 9.17) is 16.3 Å². The van der Waals surface area contributed by atoms with Gasteiger partial charge in [0, 0.05) is 28.3 Å². The van der Waals surface area contributed by atoms with Gasteiger partial charge >= 0.3 is 0 Å². The van der Waals surface area contributed by atoms with Crippen molar-refractivity contribution in [3.63, 3.8) is 0 Å². The Morgan fingerprint density at radius 1 is 1.12 bits per heavy atom. The molecule has 0 saturated carbocycles. The standard InChI is InChI=1S/C23H19ClN4O4/c1-32-19-10-7-16(8-11-19)22-14-27(26-25-22)15-23(29,17-5-3-2-4-6-17)20-13-18(28(30)31)9-12-21(20)24/h2-14,29H,15H2,1H3. The fraction of sp³-hybridized carbons (Fsp3) is 0.130. The second-order valence-electron chi connectivity index (χ2n) is 7.18. The smallest absolute Gasteiger partial charge is 0.269 e. The molecule has 1 aromatic heterocycles. The fourth-order valence-electron chi connectivity index (χ4n) is 3.49. The van der Waals surface area contributed by atoms with Crippen molar-refractivity contribution in [1.82, 2.24) is 15.0 Å². The van der Waals surface area contributed by atoms with E-state index < -0.39 is 10.5 Å². The summed E-state index contributed by atoms with van der Waals surface area (Å²) in [4.78, 5) is 10.8. The van der Waals surface area contributed by atoms with Crippen LogP contribution in [-0.4, -0.2) is 32.1 Å². The van der Waals surface area contributed by atoms with E-state index in [2.05, 4.69) is 10.3 Å². The van der Waals surface area contributed by atoms with E-state index in [1.807, 2.05) is 30.3 Å². The predicted octanol–water partition coefficient (Wildman–Crippen LogP) is 4.45. The Labute approximate surface area is 188 Å². The van der Waals surface area contributed by atoms with Crippen LogP contribution in [0.5, 0.6) is 5.75 Å². The topological polar surface area (TPSA) is 103 Å². The minimum atomic E-state index is -1.69. The monoisotopic (exact) mass is 450 g/mol. The van der Waals surface area contributed by atoms with Crippen molar-refractivity contribution in [1.29, 1.82) is 0 Å². The largest absolute Gasteiger partial charge is 0.497 e. The summed E-state index contributed by atoms with van der Waals surface area (Å²) in [6.07, 6.45) is 1.70. The molecule has 8 nitrogen and oxygen atoms in total.